The number of hydrogen-bond acceptors (Lipinski definition) is 2. The molecule has 0 N–H and O–H groups in total. The van der Waals surface area contributed by atoms with Crippen molar-refractivity contribution in [3.8, 4) is 12.3 Å². The van der Waals surface area contributed by atoms with Crippen LogP contribution >= 0.6 is 0 Å². The molecule has 0 aliphatic heterocycles. The Bertz CT molecular complexity index is 634. The van der Waals surface area contributed by atoms with Crippen LogP contribution in [0, 0.1) is 19.3 Å². The van der Waals surface area contributed by atoms with E-state index in [9.17, 15) is 8.42 Å². The highest BCUT2D eigenvalue weighted by molar-refractivity contribution is 7.89. The van der Waals surface area contributed by atoms with Crippen molar-refractivity contribution in [2.45, 2.75) is 18.7 Å². The zero-order chi connectivity index (χ0) is 15.2. The van der Waals surface area contributed by atoms with Gasteiger partial charge in [0.1, 0.15) is 0 Å². The summed E-state index contributed by atoms with van der Waals surface area (Å²) in [6, 6.07) is 6.78. The van der Waals surface area contributed by atoms with Crippen LogP contribution in [0.4, 0.5) is 0 Å². The summed E-state index contributed by atoms with van der Waals surface area (Å²) in [6.07, 6.45) is 8.54. The molecule has 0 saturated heterocycles. The Hall–Kier alpha value is -1.83. The van der Waals surface area contributed by atoms with Crippen molar-refractivity contribution >= 4 is 10.0 Å². The molecule has 0 radical (unpaired) electrons. The number of sulfonamides is 1. The van der Waals surface area contributed by atoms with E-state index in [1.54, 1.807) is 43.3 Å². The van der Waals surface area contributed by atoms with E-state index in [1.807, 2.05) is 6.92 Å². The molecule has 4 heteroatoms. The molecule has 1 aromatic carbocycles. The molecule has 1 rings (SSSR count). The molecular formula is C16H19NO2S. The molecule has 0 heterocycles. The molecule has 0 aliphatic carbocycles. The third-order valence-electron chi connectivity index (χ3n) is 2.82. The molecule has 0 atom stereocenters. The van der Waals surface area contributed by atoms with Crippen molar-refractivity contribution in [2.75, 3.05) is 13.1 Å². The Morgan fingerprint density at radius 3 is 2.45 bits per heavy atom. The van der Waals surface area contributed by atoms with E-state index in [2.05, 4.69) is 12.5 Å². The number of aryl methyl sites for hydroxylation is 1. The van der Waals surface area contributed by atoms with Crippen LogP contribution in [0.3, 0.4) is 0 Å². The molecule has 0 unspecified atom stereocenters. The fraction of sp³-hybridized carbons (Fsp3) is 0.250. The predicted octanol–water partition coefficient (Wildman–Crippen LogP) is 2.75. The quantitative estimate of drug-likeness (QED) is 0.596. The minimum Gasteiger partial charge on any atom is -0.207 e. The van der Waals surface area contributed by atoms with Gasteiger partial charge in [-0.1, -0.05) is 35.8 Å². The Labute approximate surface area is 121 Å². The van der Waals surface area contributed by atoms with Crippen molar-refractivity contribution in [3.05, 3.63) is 54.1 Å². The van der Waals surface area contributed by atoms with Gasteiger partial charge in [0.15, 0.2) is 0 Å². The topological polar surface area (TPSA) is 37.4 Å². The third kappa shape index (κ3) is 4.09. The van der Waals surface area contributed by atoms with Crippen molar-refractivity contribution in [1.29, 1.82) is 0 Å². The first kappa shape index (κ1) is 16.2. The first-order valence-electron chi connectivity index (χ1n) is 6.23. The summed E-state index contributed by atoms with van der Waals surface area (Å²) in [5.74, 6) is 2.47. The van der Waals surface area contributed by atoms with Gasteiger partial charge in [-0.25, -0.2) is 8.42 Å². The largest absolute Gasteiger partial charge is 0.243 e. The predicted molar refractivity (Wildman–Crippen MR) is 82.7 cm³/mol. The van der Waals surface area contributed by atoms with Gasteiger partial charge in [-0.05, 0) is 31.6 Å². The summed E-state index contributed by atoms with van der Waals surface area (Å²) < 4.78 is 26.4. The van der Waals surface area contributed by atoms with Crippen LogP contribution < -0.4 is 0 Å². The van der Waals surface area contributed by atoms with Crippen LogP contribution in [0.2, 0.25) is 0 Å². The molecule has 0 spiro atoms. The van der Waals surface area contributed by atoms with Crippen LogP contribution in [0.25, 0.3) is 0 Å². The Kier molecular flexibility index (Phi) is 5.75. The molecule has 1 aromatic rings. The summed E-state index contributed by atoms with van der Waals surface area (Å²) in [5.41, 5.74) is 1.72. The van der Waals surface area contributed by atoms with Crippen LogP contribution in [-0.4, -0.2) is 25.8 Å². The lowest BCUT2D eigenvalue weighted by Crippen LogP contribution is -2.31. The Morgan fingerprint density at radius 2 is 1.95 bits per heavy atom. The Morgan fingerprint density at radius 1 is 1.35 bits per heavy atom. The van der Waals surface area contributed by atoms with Gasteiger partial charge in [-0.3, -0.25) is 0 Å². The fourth-order valence-corrected chi connectivity index (χ4v) is 2.92. The van der Waals surface area contributed by atoms with Crippen LogP contribution in [-0.2, 0) is 10.0 Å². The molecule has 0 aliphatic rings. The molecule has 0 bridgehead atoms. The third-order valence-corrected chi connectivity index (χ3v) is 4.67. The lowest BCUT2D eigenvalue weighted by molar-refractivity contribution is 0.473. The van der Waals surface area contributed by atoms with Gasteiger partial charge in [0.25, 0.3) is 0 Å². The molecule has 20 heavy (non-hydrogen) atoms. The van der Waals surface area contributed by atoms with Gasteiger partial charge in [-0.15, -0.1) is 13.0 Å². The second-order valence-electron chi connectivity index (χ2n) is 4.46. The second-order valence-corrected chi connectivity index (χ2v) is 6.39. The summed E-state index contributed by atoms with van der Waals surface area (Å²) in [7, 11) is -3.53. The highest BCUT2D eigenvalue weighted by atomic mass is 32.2. The standard InChI is InChI=1S/C16H19NO2S/c1-5-12-17(13-11-14(3)6-2)20(18,19)16-9-7-15(4)8-10-16/h2,5,7-11H,1,12-13H2,3-4H3/b14-11+. The molecule has 0 aromatic heterocycles. The van der Waals surface area contributed by atoms with E-state index in [0.717, 1.165) is 5.56 Å². The first-order valence-corrected chi connectivity index (χ1v) is 7.67. The van der Waals surface area contributed by atoms with E-state index < -0.39 is 10.0 Å². The van der Waals surface area contributed by atoms with Crippen LogP contribution in [0.15, 0.2) is 53.5 Å². The summed E-state index contributed by atoms with van der Waals surface area (Å²) in [5, 5.41) is 0. The van der Waals surface area contributed by atoms with E-state index in [-0.39, 0.29) is 18.0 Å². The van der Waals surface area contributed by atoms with Crippen molar-refractivity contribution < 1.29 is 8.42 Å². The van der Waals surface area contributed by atoms with Gasteiger partial charge >= 0.3 is 0 Å². The minimum absolute atomic E-state index is 0.234. The summed E-state index contributed by atoms with van der Waals surface area (Å²) in [4.78, 5) is 0.275. The van der Waals surface area contributed by atoms with Crippen molar-refractivity contribution in [2.24, 2.45) is 0 Å². The smallest absolute Gasteiger partial charge is 0.207 e. The average molecular weight is 289 g/mol. The number of rotatable bonds is 6. The zero-order valence-electron chi connectivity index (χ0n) is 11.8. The van der Waals surface area contributed by atoms with Gasteiger partial charge in [0.05, 0.1) is 4.90 Å². The van der Waals surface area contributed by atoms with E-state index in [0.29, 0.717) is 5.57 Å². The molecule has 0 saturated carbocycles. The summed E-state index contributed by atoms with van der Waals surface area (Å²) >= 11 is 0. The van der Waals surface area contributed by atoms with E-state index >= 15 is 0 Å². The molecule has 106 valence electrons. The normalized spacial score (nSPS) is 12.2. The average Bonchev–Trinajstić information content (AvgIpc) is 2.43. The molecular weight excluding hydrogens is 270 g/mol. The summed E-state index contributed by atoms with van der Waals surface area (Å²) in [6.45, 7) is 7.76. The Balaban J connectivity index is 3.09. The zero-order valence-corrected chi connectivity index (χ0v) is 12.7. The lowest BCUT2D eigenvalue weighted by Gasteiger charge is -2.19. The van der Waals surface area contributed by atoms with Gasteiger partial charge in [0, 0.05) is 13.1 Å². The molecule has 0 amide bonds. The number of benzene rings is 1. The van der Waals surface area contributed by atoms with Gasteiger partial charge < -0.3 is 0 Å². The van der Waals surface area contributed by atoms with Gasteiger partial charge in [0.2, 0.25) is 10.0 Å². The van der Waals surface area contributed by atoms with Crippen LogP contribution in [0.5, 0.6) is 0 Å². The second kappa shape index (κ2) is 7.09. The number of allylic oxidation sites excluding steroid dienone is 1. The maximum absolute atomic E-state index is 12.5. The highest BCUT2D eigenvalue weighted by Crippen LogP contribution is 2.16. The maximum Gasteiger partial charge on any atom is 0.243 e. The van der Waals surface area contributed by atoms with E-state index in [1.165, 1.54) is 4.31 Å². The number of terminal acetylenes is 1. The molecule has 3 nitrogen and oxygen atoms in total. The number of nitrogens with zero attached hydrogens (tertiary/aromatic N) is 1. The lowest BCUT2D eigenvalue weighted by atomic mass is 10.2. The van der Waals surface area contributed by atoms with Crippen LogP contribution in [0.1, 0.15) is 12.5 Å². The van der Waals surface area contributed by atoms with Gasteiger partial charge in [-0.2, -0.15) is 4.31 Å². The minimum atomic E-state index is -3.53. The number of hydrogen-bond donors (Lipinski definition) is 0. The van der Waals surface area contributed by atoms with E-state index in [4.69, 9.17) is 6.42 Å². The maximum atomic E-state index is 12.5. The molecule has 0 fully saturated rings. The SMILES string of the molecule is C#C/C(C)=C/CN(CC=C)S(=O)(=O)c1ccc(C)cc1. The highest BCUT2D eigenvalue weighted by Gasteiger charge is 2.22. The monoisotopic (exact) mass is 289 g/mol. The fourth-order valence-electron chi connectivity index (χ4n) is 1.57. The van der Waals surface area contributed by atoms with Crippen molar-refractivity contribution in [1.82, 2.24) is 4.31 Å². The van der Waals surface area contributed by atoms with Crippen molar-refractivity contribution in [3.63, 3.8) is 0 Å². The first-order chi connectivity index (χ1) is 9.41.